The van der Waals surface area contributed by atoms with E-state index in [-0.39, 0.29) is 12.4 Å². The van der Waals surface area contributed by atoms with Crippen molar-refractivity contribution in [2.24, 2.45) is 0 Å². The van der Waals surface area contributed by atoms with Gasteiger partial charge in [0.2, 0.25) is 5.78 Å². The number of ketones is 1. The number of nitrogens with one attached hydrogen (secondary N) is 1. The van der Waals surface area contributed by atoms with Crippen LogP contribution in [0.15, 0.2) is 18.3 Å². The molecule has 1 aliphatic heterocycles. The summed E-state index contributed by atoms with van der Waals surface area (Å²) in [5.41, 5.74) is 0.445. The SMILES string of the molecule is O=C(COC(=O)[C@@H]1CCCO1)c1ccc[nH]1. The van der Waals surface area contributed by atoms with Crippen LogP contribution < -0.4 is 0 Å². The van der Waals surface area contributed by atoms with Gasteiger partial charge in [-0.2, -0.15) is 0 Å². The predicted molar refractivity (Wildman–Crippen MR) is 55.1 cm³/mol. The molecule has 0 aliphatic carbocycles. The second-order valence-electron chi connectivity index (χ2n) is 3.62. The van der Waals surface area contributed by atoms with Crippen LogP contribution in [0.4, 0.5) is 0 Å². The van der Waals surface area contributed by atoms with E-state index in [1.165, 1.54) is 0 Å². The van der Waals surface area contributed by atoms with E-state index in [2.05, 4.69) is 4.98 Å². The molecule has 1 N–H and O–H groups in total. The van der Waals surface area contributed by atoms with Crippen LogP contribution in [0.1, 0.15) is 23.3 Å². The summed E-state index contributed by atoms with van der Waals surface area (Å²) >= 11 is 0. The minimum atomic E-state index is -0.489. The highest BCUT2D eigenvalue weighted by atomic mass is 16.6. The van der Waals surface area contributed by atoms with Crippen LogP contribution in [0.3, 0.4) is 0 Å². The van der Waals surface area contributed by atoms with Gasteiger partial charge in [-0.15, -0.1) is 0 Å². The van der Waals surface area contributed by atoms with E-state index in [0.717, 1.165) is 6.42 Å². The highest BCUT2D eigenvalue weighted by molar-refractivity contribution is 5.96. The average molecular weight is 223 g/mol. The lowest BCUT2D eigenvalue weighted by atomic mass is 10.2. The second-order valence-corrected chi connectivity index (χ2v) is 3.62. The molecule has 2 rings (SSSR count). The lowest BCUT2D eigenvalue weighted by molar-refractivity contribution is -0.153. The molecule has 0 radical (unpaired) electrons. The molecule has 1 fully saturated rings. The van der Waals surface area contributed by atoms with Crippen LogP contribution in [-0.2, 0) is 14.3 Å². The molecule has 2 heterocycles. The molecule has 5 heteroatoms. The second kappa shape index (κ2) is 4.94. The van der Waals surface area contributed by atoms with Crippen molar-refractivity contribution in [3.8, 4) is 0 Å². The summed E-state index contributed by atoms with van der Waals surface area (Å²) in [5, 5.41) is 0. The molecule has 0 amide bonds. The monoisotopic (exact) mass is 223 g/mol. The maximum atomic E-state index is 11.5. The lowest BCUT2D eigenvalue weighted by Gasteiger charge is -2.08. The first kappa shape index (κ1) is 10.9. The number of ether oxygens (including phenoxy) is 2. The molecule has 1 aromatic rings. The van der Waals surface area contributed by atoms with Crippen LogP contribution in [0.2, 0.25) is 0 Å². The van der Waals surface area contributed by atoms with Crippen LogP contribution >= 0.6 is 0 Å². The van der Waals surface area contributed by atoms with Gasteiger partial charge in [-0.25, -0.2) is 4.79 Å². The van der Waals surface area contributed by atoms with Gasteiger partial charge in [0.1, 0.15) is 0 Å². The van der Waals surface area contributed by atoms with Gasteiger partial charge < -0.3 is 14.5 Å². The van der Waals surface area contributed by atoms with Crippen molar-refractivity contribution in [2.75, 3.05) is 13.2 Å². The number of hydrogen-bond donors (Lipinski definition) is 1. The first-order chi connectivity index (χ1) is 7.77. The van der Waals surface area contributed by atoms with Gasteiger partial charge in [-0.1, -0.05) is 0 Å². The van der Waals surface area contributed by atoms with Gasteiger partial charge in [0.25, 0.3) is 0 Å². The van der Waals surface area contributed by atoms with Crippen LogP contribution in [0.5, 0.6) is 0 Å². The summed E-state index contributed by atoms with van der Waals surface area (Å²) in [6.07, 6.45) is 2.70. The fourth-order valence-electron chi connectivity index (χ4n) is 1.57. The highest BCUT2D eigenvalue weighted by Crippen LogP contribution is 2.13. The largest absolute Gasteiger partial charge is 0.455 e. The molecule has 86 valence electrons. The number of esters is 1. The molecule has 5 nitrogen and oxygen atoms in total. The Morgan fingerprint density at radius 1 is 1.56 bits per heavy atom. The molecule has 0 unspecified atom stereocenters. The van der Waals surface area contributed by atoms with Crippen molar-refractivity contribution in [1.29, 1.82) is 0 Å². The topological polar surface area (TPSA) is 68.4 Å². The fraction of sp³-hybridized carbons (Fsp3) is 0.455. The van der Waals surface area contributed by atoms with Crippen molar-refractivity contribution in [1.82, 2.24) is 4.98 Å². The van der Waals surface area contributed by atoms with E-state index in [4.69, 9.17) is 9.47 Å². The summed E-state index contributed by atoms with van der Waals surface area (Å²) in [5.74, 6) is -0.686. The number of rotatable bonds is 4. The number of carbonyl (C=O) groups excluding carboxylic acids is 2. The Balaban J connectivity index is 1.79. The smallest absolute Gasteiger partial charge is 0.335 e. The van der Waals surface area contributed by atoms with Gasteiger partial charge in [-0.3, -0.25) is 4.79 Å². The number of H-pyrrole nitrogens is 1. The number of aromatic amines is 1. The zero-order valence-corrected chi connectivity index (χ0v) is 8.77. The Morgan fingerprint density at radius 2 is 2.44 bits per heavy atom. The summed E-state index contributed by atoms with van der Waals surface area (Å²) in [6.45, 7) is 0.351. The normalized spacial score (nSPS) is 19.6. The quantitative estimate of drug-likeness (QED) is 0.608. The first-order valence-electron chi connectivity index (χ1n) is 5.22. The molecule has 16 heavy (non-hydrogen) atoms. The number of aromatic nitrogens is 1. The van der Waals surface area contributed by atoms with Gasteiger partial charge >= 0.3 is 5.97 Å². The van der Waals surface area contributed by atoms with Gasteiger partial charge in [0.05, 0.1) is 5.69 Å². The van der Waals surface area contributed by atoms with Gasteiger partial charge in [0, 0.05) is 12.8 Å². The Labute approximate surface area is 92.7 Å². The van der Waals surface area contributed by atoms with Crippen LogP contribution in [0.25, 0.3) is 0 Å². The van der Waals surface area contributed by atoms with Crippen molar-refractivity contribution in [3.63, 3.8) is 0 Å². The Hall–Kier alpha value is -1.62. The molecule has 0 aromatic carbocycles. The van der Waals surface area contributed by atoms with Gasteiger partial charge in [0.15, 0.2) is 12.7 Å². The maximum absolute atomic E-state index is 11.5. The van der Waals surface area contributed by atoms with Crippen LogP contribution in [0, 0.1) is 0 Å². The summed E-state index contributed by atoms with van der Waals surface area (Å²) in [7, 11) is 0. The van der Waals surface area contributed by atoms with E-state index < -0.39 is 12.1 Å². The molecule has 1 atom stereocenters. The highest BCUT2D eigenvalue weighted by Gasteiger charge is 2.25. The van der Waals surface area contributed by atoms with E-state index in [9.17, 15) is 9.59 Å². The third-order valence-electron chi connectivity index (χ3n) is 2.44. The number of Topliss-reactive ketones (excluding diaryl/α,β-unsaturated/α-hetero) is 1. The third kappa shape index (κ3) is 2.49. The zero-order valence-electron chi connectivity index (χ0n) is 8.77. The summed E-state index contributed by atoms with van der Waals surface area (Å²) < 4.78 is 10.0. The lowest BCUT2D eigenvalue weighted by Crippen LogP contribution is -2.25. The van der Waals surface area contributed by atoms with Crippen LogP contribution in [-0.4, -0.2) is 36.1 Å². The maximum Gasteiger partial charge on any atom is 0.335 e. The summed E-state index contributed by atoms with van der Waals surface area (Å²) in [6, 6.07) is 3.36. The van der Waals surface area contributed by atoms with Crippen molar-refractivity contribution in [2.45, 2.75) is 18.9 Å². The van der Waals surface area contributed by atoms with Crippen molar-refractivity contribution >= 4 is 11.8 Å². The summed E-state index contributed by atoms with van der Waals surface area (Å²) in [4.78, 5) is 25.6. The minimum absolute atomic E-state index is 0.237. The molecule has 1 aliphatic rings. The van der Waals surface area contributed by atoms with Gasteiger partial charge in [-0.05, 0) is 25.0 Å². The number of hydrogen-bond acceptors (Lipinski definition) is 4. The minimum Gasteiger partial charge on any atom is -0.455 e. The van der Waals surface area contributed by atoms with Crippen molar-refractivity contribution < 1.29 is 19.1 Å². The Kier molecular flexibility index (Phi) is 3.36. The van der Waals surface area contributed by atoms with E-state index in [1.807, 2.05) is 0 Å². The number of carbonyl (C=O) groups is 2. The Morgan fingerprint density at radius 3 is 3.06 bits per heavy atom. The first-order valence-corrected chi connectivity index (χ1v) is 5.22. The third-order valence-corrected chi connectivity index (χ3v) is 2.44. The molecule has 1 saturated heterocycles. The molecule has 1 aromatic heterocycles. The predicted octanol–water partition coefficient (Wildman–Crippen LogP) is 0.920. The van der Waals surface area contributed by atoms with E-state index >= 15 is 0 Å². The molecule has 0 bridgehead atoms. The molecular formula is C11H13NO4. The zero-order chi connectivity index (χ0) is 11.4. The standard InChI is InChI=1S/C11H13NO4/c13-9(8-3-1-5-12-8)7-16-11(14)10-4-2-6-15-10/h1,3,5,10,12H,2,4,6-7H2/t10-/m0/s1. The molecule has 0 spiro atoms. The average Bonchev–Trinajstić information content (AvgIpc) is 2.95. The van der Waals surface area contributed by atoms with E-state index in [1.54, 1.807) is 18.3 Å². The van der Waals surface area contributed by atoms with E-state index in [0.29, 0.717) is 18.7 Å². The fourth-order valence-corrected chi connectivity index (χ4v) is 1.57. The molecule has 0 saturated carbocycles. The molecular weight excluding hydrogens is 210 g/mol. The Bertz CT molecular complexity index is 365. The van der Waals surface area contributed by atoms with Crippen molar-refractivity contribution in [3.05, 3.63) is 24.0 Å².